The van der Waals surface area contributed by atoms with E-state index in [1.165, 1.54) is 12.1 Å². The molecule has 108 valence electrons. The van der Waals surface area contributed by atoms with Crippen LogP contribution in [0.15, 0.2) is 21.1 Å². The predicted molar refractivity (Wildman–Crippen MR) is 82.9 cm³/mol. The maximum Gasteiger partial charge on any atom is 0.335 e. The van der Waals surface area contributed by atoms with Gasteiger partial charge in [0.15, 0.2) is 0 Å². The third kappa shape index (κ3) is 4.80. The van der Waals surface area contributed by atoms with Gasteiger partial charge in [-0.1, -0.05) is 0 Å². The molecule has 1 aromatic rings. The number of ether oxygens (including phenoxy) is 1. The van der Waals surface area contributed by atoms with Crippen LogP contribution in [-0.4, -0.2) is 17.7 Å². The molecule has 6 heteroatoms. The SMILES string of the molecule is CC(C)(C#N)CCCOc1c(Br)cc(C(=O)O)cc1Br. The van der Waals surface area contributed by atoms with Crippen LogP contribution in [0.3, 0.4) is 0 Å². The van der Waals surface area contributed by atoms with E-state index < -0.39 is 5.97 Å². The molecule has 1 N–H and O–H groups in total. The highest BCUT2D eigenvalue weighted by Crippen LogP contribution is 2.35. The number of rotatable bonds is 6. The lowest BCUT2D eigenvalue weighted by atomic mass is 9.90. The number of carboxylic acid groups (broad SMARTS) is 1. The Hall–Kier alpha value is -1.06. The Kier molecular flexibility index (Phi) is 6.03. The van der Waals surface area contributed by atoms with E-state index in [9.17, 15) is 4.79 Å². The summed E-state index contributed by atoms with van der Waals surface area (Å²) in [7, 11) is 0. The zero-order valence-corrected chi connectivity index (χ0v) is 14.4. The standard InChI is InChI=1S/C14H15Br2NO3/c1-14(2,8-17)4-3-5-20-12-10(15)6-9(13(18)19)7-11(12)16/h6-7H,3-5H2,1-2H3,(H,18,19). The molecule has 0 bridgehead atoms. The van der Waals surface area contributed by atoms with Gasteiger partial charge < -0.3 is 9.84 Å². The van der Waals surface area contributed by atoms with Crippen molar-refractivity contribution in [3.05, 3.63) is 26.6 Å². The summed E-state index contributed by atoms with van der Waals surface area (Å²) in [6.07, 6.45) is 1.49. The number of nitriles is 1. The van der Waals surface area contributed by atoms with Crippen LogP contribution in [0, 0.1) is 16.7 Å². The molecule has 0 radical (unpaired) electrons. The number of carbonyl (C=O) groups is 1. The molecule has 0 heterocycles. The first-order valence-corrected chi connectivity index (χ1v) is 7.62. The Morgan fingerprint density at radius 2 is 1.95 bits per heavy atom. The Bertz CT molecular complexity index is 527. The van der Waals surface area contributed by atoms with E-state index in [1.54, 1.807) is 0 Å². The summed E-state index contributed by atoms with van der Waals surface area (Å²) in [4.78, 5) is 10.9. The molecule has 1 aromatic carbocycles. The number of carboxylic acids is 1. The van der Waals surface area contributed by atoms with Gasteiger partial charge in [0.25, 0.3) is 0 Å². The minimum Gasteiger partial charge on any atom is -0.491 e. The molecule has 4 nitrogen and oxygen atoms in total. The Labute approximate surface area is 135 Å². The van der Waals surface area contributed by atoms with Gasteiger partial charge in [0.05, 0.1) is 32.6 Å². The topological polar surface area (TPSA) is 70.3 Å². The maximum absolute atomic E-state index is 10.9. The highest BCUT2D eigenvalue weighted by atomic mass is 79.9. The van der Waals surface area contributed by atoms with Crippen LogP contribution in [0.25, 0.3) is 0 Å². The second kappa shape index (κ2) is 7.09. The van der Waals surface area contributed by atoms with Crippen LogP contribution >= 0.6 is 31.9 Å². The molecule has 0 atom stereocenters. The van der Waals surface area contributed by atoms with Gasteiger partial charge >= 0.3 is 5.97 Å². The molecular formula is C14H15Br2NO3. The molecule has 20 heavy (non-hydrogen) atoms. The van der Waals surface area contributed by atoms with Crippen LogP contribution in [-0.2, 0) is 0 Å². The lowest BCUT2D eigenvalue weighted by molar-refractivity contribution is 0.0696. The first-order valence-electron chi connectivity index (χ1n) is 6.03. The molecule has 0 aromatic heterocycles. The number of benzene rings is 1. The van der Waals surface area contributed by atoms with Crippen LogP contribution in [0.1, 0.15) is 37.0 Å². The lowest BCUT2D eigenvalue weighted by Gasteiger charge is -2.16. The largest absolute Gasteiger partial charge is 0.491 e. The van der Waals surface area contributed by atoms with Gasteiger partial charge in [0, 0.05) is 0 Å². The summed E-state index contributed by atoms with van der Waals surface area (Å²) in [5, 5.41) is 17.9. The van der Waals surface area contributed by atoms with E-state index in [2.05, 4.69) is 37.9 Å². The number of hydrogen-bond acceptors (Lipinski definition) is 3. The van der Waals surface area contributed by atoms with Crippen LogP contribution in [0.5, 0.6) is 5.75 Å². The van der Waals surface area contributed by atoms with Gasteiger partial charge in [-0.25, -0.2) is 4.79 Å². The average Bonchev–Trinajstić information content (AvgIpc) is 2.36. The molecule has 0 aliphatic carbocycles. The van der Waals surface area contributed by atoms with Gasteiger partial charge in [-0.15, -0.1) is 0 Å². The summed E-state index contributed by atoms with van der Waals surface area (Å²) in [5.74, 6) is -0.418. The molecule has 0 saturated carbocycles. The van der Waals surface area contributed by atoms with Crippen LogP contribution in [0.4, 0.5) is 0 Å². The number of aromatic carboxylic acids is 1. The number of nitrogens with zero attached hydrogens (tertiary/aromatic N) is 1. The van der Waals surface area contributed by atoms with E-state index in [0.29, 0.717) is 21.3 Å². The lowest BCUT2D eigenvalue weighted by Crippen LogP contribution is -2.10. The van der Waals surface area contributed by atoms with Crippen molar-refractivity contribution in [1.29, 1.82) is 5.26 Å². The van der Waals surface area contributed by atoms with E-state index >= 15 is 0 Å². The smallest absolute Gasteiger partial charge is 0.335 e. The molecule has 0 aliphatic rings. The van der Waals surface area contributed by atoms with Crippen molar-refractivity contribution in [1.82, 2.24) is 0 Å². The van der Waals surface area contributed by atoms with E-state index in [0.717, 1.165) is 12.8 Å². The quantitative estimate of drug-likeness (QED) is 0.702. The van der Waals surface area contributed by atoms with Gasteiger partial charge in [0.1, 0.15) is 5.75 Å². The maximum atomic E-state index is 10.9. The summed E-state index contributed by atoms with van der Waals surface area (Å²) in [6, 6.07) is 5.25. The average molecular weight is 405 g/mol. The summed E-state index contributed by atoms with van der Waals surface area (Å²) < 4.78 is 6.82. The fraction of sp³-hybridized carbons (Fsp3) is 0.429. The normalized spacial score (nSPS) is 10.9. The highest BCUT2D eigenvalue weighted by Gasteiger charge is 2.17. The molecule has 0 saturated heterocycles. The molecule has 0 aliphatic heterocycles. The van der Waals surface area contributed by atoms with Crippen molar-refractivity contribution < 1.29 is 14.6 Å². The molecule has 0 spiro atoms. The van der Waals surface area contributed by atoms with Crippen molar-refractivity contribution in [2.24, 2.45) is 5.41 Å². The fourth-order valence-corrected chi connectivity index (χ4v) is 2.98. The van der Waals surface area contributed by atoms with Gasteiger partial charge in [-0.05, 0) is 70.7 Å². The Morgan fingerprint density at radius 3 is 2.40 bits per heavy atom. The first kappa shape index (κ1) is 17.0. The van der Waals surface area contributed by atoms with Crippen LogP contribution < -0.4 is 4.74 Å². The predicted octanol–water partition coefficient (Wildman–Crippen LogP) is 4.62. The molecule has 0 amide bonds. The third-order valence-corrected chi connectivity index (χ3v) is 3.92. The second-order valence-corrected chi connectivity index (χ2v) is 6.73. The molecular weight excluding hydrogens is 390 g/mol. The Balaban J connectivity index is 2.66. The minimum atomic E-state index is -0.992. The van der Waals surface area contributed by atoms with E-state index in [1.807, 2.05) is 13.8 Å². The highest BCUT2D eigenvalue weighted by molar-refractivity contribution is 9.11. The van der Waals surface area contributed by atoms with Crippen molar-refractivity contribution in [3.8, 4) is 11.8 Å². The molecule has 0 fully saturated rings. The van der Waals surface area contributed by atoms with Gasteiger partial charge in [-0.3, -0.25) is 0 Å². The van der Waals surface area contributed by atoms with E-state index in [4.69, 9.17) is 15.1 Å². The zero-order valence-electron chi connectivity index (χ0n) is 11.2. The molecule has 1 rings (SSSR count). The minimum absolute atomic E-state index is 0.182. The van der Waals surface area contributed by atoms with Gasteiger partial charge in [0.2, 0.25) is 0 Å². The second-order valence-electron chi connectivity index (χ2n) is 5.02. The van der Waals surface area contributed by atoms with Crippen molar-refractivity contribution in [3.63, 3.8) is 0 Å². The zero-order chi connectivity index (χ0) is 15.3. The van der Waals surface area contributed by atoms with Gasteiger partial charge in [-0.2, -0.15) is 5.26 Å². The summed E-state index contributed by atoms with van der Waals surface area (Å²) >= 11 is 6.60. The summed E-state index contributed by atoms with van der Waals surface area (Å²) in [5.41, 5.74) is -0.174. The summed E-state index contributed by atoms with van der Waals surface area (Å²) in [6.45, 7) is 4.25. The van der Waals surface area contributed by atoms with Crippen molar-refractivity contribution >= 4 is 37.8 Å². The first-order chi connectivity index (χ1) is 9.26. The third-order valence-electron chi connectivity index (χ3n) is 2.74. The monoisotopic (exact) mass is 403 g/mol. The van der Waals surface area contributed by atoms with Crippen molar-refractivity contribution in [2.75, 3.05) is 6.61 Å². The number of halogens is 2. The fourth-order valence-electron chi connectivity index (χ4n) is 1.57. The van der Waals surface area contributed by atoms with Crippen LogP contribution in [0.2, 0.25) is 0 Å². The van der Waals surface area contributed by atoms with E-state index in [-0.39, 0.29) is 11.0 Å². The van der Waals surface area contributed by atoms with Crippen molar-refractivity contribution in [2.45, 2.75) is 26.7 Å². The number of hydrogen-bond donors (Lipinski definition) is 1. The Morgan fingerprint density at radius 1 is 1.40 bits per heavy atom. The molecule has 0 unspecified atom stereocenters.